The van der Waals surface area contributed by atoms with Crippen LogP contribution in [0.2, 0.25) is 0 Å². The second kappa shape index (κ2) is 8.10. The van der Waals surface area contributed by atoms with E-state index in [4.69, 9.17) is 8.37 Å². The molecule has 9 atom stereocenters. The summed E-state index contributed by atoms with van der Waals surface area (Å²) in [5.74, 6) is -5.67. The lowest BCUT2D eigenvalue weighted by Gasteiger charge is -2.62. The molecule has 0 heterocycles. The van der Waals surface area contributed by atoms with E-state index in [0.717, 1.165) is 12.2 Å². The average Bonchev–Trinajstić information content (AvgIpc) is 2.92. The van der Waals surface area contributed by atoms with Crippen LogP contribution >= 0.6 is 0 Å². The number of hydrogen-bond donors (Lipinski definition) is 1. The molecule has 0 amide bonds. The Morgan fingerprint density at radius 3 is 2.19 bits per heavy atom. The molecule has 10 nitrogen and oxygen atoms in total. The number of alkyl halides is 1. The van der Waals surface area contributed by atoms with Crippen LogP contribution in [0.3, 0.4) is 0 Å². The normalized spacial score (nSPS) is 45.6. The van der Waals surface area contributed by atoms with E-state index in [-0.39, 0.29) is 12.0 Å². The maximum atomic E-state index is 17.7. The lowest BCUT2D eigenvalue weighted by atomic mass is 9.44. The summed E-state index contributed by atoms with van der Waals surface area (Å²) < 4.78 is 77.7. The van der Waals surface area contributed by atoms with Gasteiger partial charge in [-0.2, -0.15) is 16.8 Å². The summed E-state index contributed by atoms with van der Waals surface area (Å²) in [5.41, 5.74) is -8.59. The molecule has 0 aromatic heterocycles. The number of Topliss-reactive ketones (excluding diaryl/α,β-unsaturated/α-hetero) is 2. The summed E-state index contributed by atoms with van der Waals surface area (Å²) in [6.07, 6.45) is 0.356. The first kappa shape index (κ1) is 28.2. The minimum Gasteiger partial charge on any atom is -0.381 e. The highest BCUT2D eigenvalue weighted by atomic mass is 32.2. The molecule has 13 heteroatoms. The van der Waals surface area contributed by atoms with Gasteiger partial charge in [-0.15, -0.1) is 0 Å². The van der Waals surface area contributed by atoms with E-state index in [0.29, 0.717) is 12.5 Å². The fourth-order valence-corrected chi connectivity index (χ4v) is 8.82. The van der Waals surface area contributed by atoms with Crippen LogP contribution in [0.1, 0.15) is 40.5 Å². The molecule has 4 aliphatic rings. The van der Waals surface area contributed by atoms with Gasteiger partial charge in [0.15, 0.2) is 23.0 Å². The van der Waals surface area contributed by atoms with Crippen molar-refractivity contribution in [2.75, 3.05) is 12.5 Å². The van der Waals surface area contributed by atoms with Crippen molar-refractivity contribution in [2.24, 2.45) is 28.6 Å². The first-order valence-corrected chi connectivity index (χ1v) is 15.4. The predicted octanol–water partition coefficient (Wildman–Crippen LogP) is 1.04. The third-order valence-electron chi connectivity index (χ3n) is 9.13. The molecular formula is C24H31FO10S2. The summed E-state index contributed by atoms with van der Waals surface area (Å²) in [4.78, 5) is 38.9. The molecule has 0 aliphatic heterocycles. The number of halogens is 1. The molecule has 1 N–H and O–H groups in total. The van der Waals surface area contributed by atoms with E-state index in [9.17, 15) is 36.3 Å². The topological polar surface area (TPSA) is 158 Å². The molecule has 0 spiro atoms. The Labute approximate surface area is 215 Å². The zero-order valence-corrected chi connectivity index (χ0v) is 23.0. The van der Waals surface area contributed by atoms with Gasteiger partial charge in [-0.05, 0) is 49.8 Å². The third-order valence-corrected chi connectivity index (χ3v) is 10.3. The van der Waals surface area contributed by atoms with Crippen molar-refractivity contribution < 1.29 is 49.1 Å². The third kappa shape index (κ3) is 3.75. The minimum atomic E-state index is -4.40. The number of carbonyl (C=O) groups excluding carboxylic acids is 3. The lowest BCUT2D eigenvalue weighted by Crippen LogP contribution is -2.73. The highest BCUT2D eigenvalue weighted by molar-refractivity contribution is 7.86. The number of fused-ring (bicyclic) bond motifs is 5. The molecule has 4 aliphatic carbocycles. The van der Waals surface area contributed by atoms with Gasteiger partial charge in [0.25, 0.3) is 20.2 Å². The number of aliphatic hydroxyl groups is 1. The van der Waals surface area contributed by atoms with Crippen LogP contribution in [0.15, 0.2) is 23.8 Å². The SMILES string of the molecule is CC(=O)[C@@]1(O)[C@@H](C)C[C@H]2[C@@H]3[C@@H](OS(C)(=O)=O)[C@@H](OS(C)(=O)=O)C4=CC(=O)C=C[C@]4(C)[C@@]3(F)C(=O)C[C@@]21C. The van der Waals surface area contributed by atoms with Crippen molar-refractivity contribution in [1.29, 1.82) is 0 Å². The highest BCUT2D eigenvalue weighted by Crippen LogP contribution is 2.70. The van der Waals surface area contributed by atoms with E-state index >= 15 is 4.39 Å². The van der Waals surface area contributed by atoms with Crippen molar-refractivity contribution in [2.45, 2.75) is 64.0 Å². The maximum absolute atomic E-state index is 17.7. The van der Waals surface area contributed by atoms with Crippen LogP contribution in [0.4, 0.5) is 4.39 Å². The summed E-state index contributed by atoms with van der Waals surface area (Å²) >= 11 is 0. The van der Waals surface area contributed by atoms with E-state index < -0.39 is 96.1 Å². The minimum absolute atomic E-state index is 0.0170. The molecule has 4 rings (SSSR count). The van der Waals surface area contributed by atoms with Crippen LogP contribution in [-0.4, -0.2) is 75.3 Å². The van der Waals surface area contributed by atoms with Crippen molar-refractivity contribution in [3.8, 4) is 0 Å². The van der Waals surface area contributed by atoms with Crippen molar-refractivity contribution in [3.05, 3.63) is 23.8 Å². The van der Waals surface area contributed by atoms with Crippen LogP contribution in [-0.2, 0) is 43.0 Å². The van der Waals surface area contributed by atoms with E-state index in [2.05, 4.69) is 0 Å². The van der Waals surface area contributed by atoms with Gasteiger partial charge in [-0.1, -0.05) is 19.9 Å². The molecule has 206 valence electrons. The summed E-state index contributed by atoms with van der Waals surface area (Å²) in [6, 6.07) is 0. The van der Waals surface area contributed by atoms with E-state index in [1.807, 2.05) is 0 Å². The summed E-state index contributed by atoms with van der Waals surface area (Å²) in [5, 5.41) is 11.6. The smallest absolute Gasteiger partial charge is 0.265 e. The average molecular weight is 563 g/mol. The number of hydrogen-bond acceptors (Lipinski definition) is 10. The van der Waals surface area contributed by atoms with Crippen LogP contribution in [0.5, 0.6) is 0 Å². The monoisotopic (exact) mass is 562 g/mol. The summed E-state index contributed by atoms with van der Waals surface area (Å²) in [6.45, 7) is 5.56. The fourth-order valence-electron chi connectivity index (χ4n) is 7.61. The van der Waals surface area contributed by atoms with Gasteiger partial charge in [-0.3, -0.25) is 22.7 Å². The first-order valence-electron chi connectivity index (χ1n) is 11.8. The molecule has 0 radical (unpaired) electrons. The molecule has 37 heavy (non-hydrogen) atoms. The second-order valence-electron chi connectivity index (χ2n) is 11.3. The van der Waals surface area contributed by atoms with Gasteiger partial charge in [0, 0.05) is 17.8 Å². The Hall–Kier alpha value is -1.80. The lowest BCUT2D eigenvalue weighted by molar-refractivity contribution is -0.203. The number of carbonyl (C=O) groups is 3. The quantitative estimate of drug-likeness (QED) is 0.480. The van der Waals surface area contributed by atoms with Crippen LogP contribution in [0.25, 0.3) is 0 Å². The van der Waals surface area contributed by atoms with Crippen molar-refractivity contribution in [3.63, 3.8) is 0 Å². The van der Waals surface area contributed by atoms with E-state index in [1.165, 1.54) is 26.8 Å². The predicted molar refractivity (Wildman–Crippen MR) is 128 cm³/mol. The molecule has 0 aromatic rings. The van der Waals surface area contributed by atoms with Gasteiger partial charge in [0.2, 0.25) is 0 Å². The Bertz CT molecular complexity index is 1370. The highest BCUT2D eigenvalue weighted by Gasteiger charge is 2.79. The number of allylic oxidation sites excluding steroid dienone is 3. The van der Waals surface area contributed by atoms with Gasteiger partial charge in [-0.25, -0.2) is 4.39 Å². The second-order valence-corrected chi connectivity index (χ2v) is 14.5. The molecule has 0 unspecified atom stereocenters. The van der Waals surface area contributed by atoms with Crippen LogP contribution < -0.4 is 0 Å². The molecule has 0 saturated heterocycles. The Balaban J connectivity index is 2.07. The molecular weight excluding hydrogens is 531 g/mol. The van der Waals surface area contributed by atoms with Crippen molar-refractivity contribution >= 4 is 37.6 Å². The molecule has 3 saturated carbocycles. The number of rotatable bonds is 5. The molecule has 0 bridgehead atoms. The fraction of sp³-hybridized carbons (Fsp3) is 0.708. The number of ketones is 3. The maximum Gasteiger partial charge on any atom is 0.265 e. The zero-order chi connectivity index (χ0) is 28.1. The first-order chi connectivity index (χ1) is 16.6. The van der Waals surface area contributed by atoms with Crippen molar-refractivity contribution in [1.82, 2.24) is 0 Å². The molecule has 3 fully saturated rings. The standard InChI is InChI=1S/C24H31FO10S2/c1-12-9-15-18-20(35-37(6,32)33)19(34-36(5,30)31)16-10-14(27)7-8-21(16,3)23(18,25)17(28)11-22(15,4)24(12,29)13(2)26/h7-8,10,12,15,18-20,29H,9,11H2,1-6H3/t12-,15-,18+,19-,20+,21-,22-,23+,24-/m0/s1. The van der Waals surface area contributed by atoms with Gasteiger partial charge >= 0.3 is 0 Å². The zero-order valence-electron chi connectivity index (χ0n) is 21.3. The van der Waals surface area contributed by atoms with Gasteiger partial charge < -0.3 is 5.11 Å². The Kier molecular flexibility index (Phi) is 6.18. The van der Waals surface area contributed by atoms with E-state index in [1.54, 1.807) is 6.92 Å². The Morgan fingerprint density at radius 2 is 1.68 bits per heavy atom. The summed E-state index contributed by atoms with van der Waals surface area (Å²) in [7, 11) is -8.72. The van der Waals surface area contributed by atoms with Gasteiger partial charge in [0.1, 0.15) is 17.8 Å². The van der Waals surface area contributed by atoms with Gasteiger partial charge in [0.05, 0.1) is 17.9 Å². The largest absolute Gasteiger partial charge is 0.381 e. The Morgan fingerprint density at radius 1 is 1.11 bits per heavy atom. The molecule has 0 aromatic carbocycles. The van der Waals surface area contributed by atoms with Crippen LogP contribution in [0, 0.1) is 28.6 Å².